The second-order valence-corrected chi connectivity index (χ2v) is 14.8. The normalized spacial score (nSPS) is 10.8. The van der Waals surface area contributed by atoms with Crippen molar-refractivity contribution in [2.24, 2.45) is 0 Å². The molecule has 0 atom stereocenters. The van der Waals surface area contributed by atoms with Crippen LogP contribution in [0.1, 0.15) is 63.8 Å². The van der Waals surface area contributed by atoms with Gasteiger partial charge < -0.3 is 24.8 Å². The number of hydrogen-bond donors (Lipinski definition) is 0. The van der Waals surface area contributed by atoms with Gasteiger partial charge in [0.1, 0.15) is 0 Å². The fourth-order valence-corrected chi connectivity index (χ4v) is 5.58. The van der Waals surface area contributed by atoms with Crippen LogP contribution in [0.25, 0.3) is 43.8 Å². The molecule has 0 spiro atoms. The van der Waals surface area contributed by atoms with Crippen molar-refractivity contribution in [3.8, 4) is 22.3 Å². The maximum atomic E-state index is 2.33. The minimum Gasteiger partial charge on any atom is -1.00 e. The van der Waals surface area contributed by atoms with Crippen LogP contribution in [0.4, 0.5) is 0 Å². The molecular weight excluding hydrogens is 695 g/mol. The Hall–Kier alpha value is -2.22. The first kappa shape index (κ1) is 41.8. The number of aryl methyl sites for hydroxylation is 2. The molecule has 6 rings (SSSR count). The molecule has 2 radical (unpaired) electrons. The molecule has 0 unspecified atom stereocenters. The molecule has 4 heteroatoms. The molecule has 6 aromatic carbocycles. The van der Waals surface area contributed by atoms with Gasteiger partial charge in [-0.15, -0.1) is 69.1 Å². The molecule has 0 aliphatic heterocycles. The van der Waals surface area contributed by atoms with Crippen LogP contribution in [0.3, 0.4) is 0 Å². The third kappa shape index (κ3) is 10.4. The first-order valence-electron chi connectivity index (χ1n) is 15.4. The molecule has 0 aliphatic rings. The molecular formula is C42H48Cl2SiZr. The standard InChI is InChI=1S/2C20H21.C2H6Si.2ClH.Zr/c2*1-14-11-15-8-6-10-18(19(15)12-14)16-7-5-9-17(13-16)20(2,3)4;1-3-2;;;/h2*5-13H,1-4H3;1-2H3;2*1H;/q2*-1;;;;+4/p-2. The Kier molecular flexibility index (Phi) is 16.2. The summed E-state index contributed by atoms with van der Waals surface area (Å²) in [6, 6.07) is 40.1. The van der Waals surface area contributed by atoms with Gasteiger partial charge in [-0.2, -0.15) is 12.1 Å². The predicted molar refractivity (Wildman–Crippen MR) is 194 cm³/mol. The third-order valence-corrected chi connectivity index (χ3v) is 7.87. The number of fused-ring (bicyclic) bond motifs is 2. The van der Waals surface area contributed by atoms with E-state index in [9.17, 15) is 0 Å². The Labute approximate surface area is 312 Å². The molecule has 0 saturated carbocycles. The summed E-state index contributed by atoms with van der Waals surface area (Å²) in [5, 5.41) is 5.38. The van der Waals surface area contributed by atoms with E-state index in [0.717, 1.165) is 9.52 Å². The maximum Gasteiger partial charge on any atom is 4.00 e. The fourth-order valence-electron chi connectivity index (χ4n) is 5.58. The molecule has 0 aliphatic carbocycles. The van der Waals surface area contributed by atoms with E-state index in [-0.39, 0.29) is 61.8 Å². The summed E-state index contributed by atoms with van der Waals surface area (Å²) in [6.07, 6.45) is 0. The minimum atomic E-state index is 0. The Balaban J connectivity index is 0.000000400. The first-order valence-corrected chi connectivity index (χ1v) is 17.4. The molecule has 46 heavy (non-hydrogen) atoms. The monoisotopic (exact) mass is 740 g/mol. The topological polar surface area (TPSA) is 0 Å². The van der Waals surface area contributed by atoms with Crippen LogP contribution in [0.5, 0.6) is 0 Å². The molecule has 0 nitrogen and oxygen atoms in total. The maximum absolute atomic E-state index is 2.33. The van der Waals surface area contributed by atoms with E-state index in [4.69, 9.17) is 0 Å². The smallest absolute Gasteiger partial charge is 1.00 e. The molecule has 0 N–H and O–H groups in total. The summed E-state index contributed by atoms with van der Waals surface area (Å²) >= 11 is 0. The average molecular weight is 743 g/mol. The van der Waals surface area contributed by atoms with Crippen molar-refractivity contribution in [3.63, 3.8) is 0 Å². The quantitative estimate of drug-likeness (QED) is 0.141. The van der Waals surface area contributed by atoms with Gasteiger partial charge in [0.05, 0.1) is 0 Å². The Bertz CT molecular complexity index is 1680. The molecule has 0 fully saturated rings. The van der Waals surface area contributed by atoms with Crippen molar-refractivity contribution in [1.29, 1.82) is 0 Å². The van der Waals surface area contributed by atoms with Crippen molar-refractivity contribution < 1.29 is 51.0 Å². The summed E-state index contributed by atoms with van der Waals surface area (Å²) in [4.78, 5) is 0. The number of halogens is 2. The van der Waals surface area contributed by atoms with E-state index in [1.54, 1.807) is 0 Å². The zero-order chi connectivity index (χ0) is 31.4. The molecule has 0 saturated heterocycles. The molecule has 0 amide bonds. The number of hydrogen-bond acceptors (Lipinski definition) is 0. The second kappa shape index (κ2) is 17.8. The summed E-state index contributed by atoms with van der Waals surface area (Å²) in [5.74, 6) is 0. The van der Waals surface area contributed by atoms with Crippen LogP contribution in [-0.2, 0) is 37.0 Å². The first-order chi connectivity index (χ1) is 20.3. The van der Waals surface area contributed by atoms with Crippen LogP contribution in [0.2, 0.25) is 13.1 Å². The predicted octanol–water partition coefficient (Wildman–Crippen LogP) is 6.46. The van der Waals surface area contributed by atoms with Gasteiger partial charge >= 0.3 is 26.2 Å². The zero-order valence-electron chi connectivity index (χ0n) is 29.1. The van der Waals surface area contributed by atoms with Crippen molar-refractivity contribution in [2.75, 3.05) is 0 Å². The summed E-state index contributed by atoms with van der Waals surface area (Å²) in [6.45, 7) is 22.2. The zero-order valence-corrected chi connectivity index (χ0v) is 34.1. The van der Waals surface area contributed by atoms with Crippen molar-refractivity contribution in [1.82, 2.24) is 0 Å². The molecule has 0 heterocycles. The van der Waals surface area contributed by atoms with Crippen LogP contribution in [-0.4, -0.2) is 9.52 Å². The van der Waals surface area contributed by atoms with Gasteiger partial charge in [0.2, 0.25) is 0 Å². The van der Waals surface area contributed by atoms with Crippen LogP contribution < -0.4 is 24.8 Å². The molecule has 0 aromatic heterocycles. The van der Waals surface area contributed by atoms with E-state index in [1.165, 1.54) is 66.1 Å². The minimum absolute atomic E-state index is 0. The summed E-state index contributed by atoms with van der Waals surface area (Å²) < 4.78 is 0. The summed E-state index contributed by atoms with van der Waals surface area (Å²) in [5.41, 5.74) is 11.1. The fraction of sp³-hybridized carbons (Fsp3) is 0.286. The van der Waals surface area contributed by atoms with Gasteiger partial charge in [-0.3, -0.25) is 0 Å². The molecule has 6 aromatic rings. The van der Waals surface area contributed by atoms with Crippen LogP contribution >= 0.6 is 0 Å². The Morgan fingerprint density at radius 2 is 0.826 bits per heavy atom. The number of rotatable bonds is 2. The van der Waals surface area contributed by atoms with Gasteiger partial charge in [0.25, 0.3) is 0 Å². The summed E-state index contributed by atoms with van der Waals surface area (Å²) in [7, 11) is 1.08. The van der Waals surface area contributed by atoms with Crippen molar-refractivity contribution in [3.05, 3.63) is 131 Å². The van der Waals surface area contributed by atoms with Gasteiger partial charge in [-0.25, -0.2) is 0 Å². The van der Waals surface area contributed by atoms with Gasteiger partial charge in [0.15, 0.2) is 0 Å². The second-order valence-electron chi connectivity index (χ2n) is 13.8. The largest absolute Gasteiger partial charge is 4.00 e. The van der Waals surface area contributed by atoms with Crippen LogP contribution in [0.15, 0.2) is 109 Å². The average Bonchev–Trinajstić information content (AvgIpc) is 3.53. The van der Waals surface area contributed by atoms with Gasteiger partial charge in [-0.1, -0.05) is 140 Å². The van der Waals surface area contributed by atoms with Gasteiger partial charge in [0, 0.05) is 9.52 Å². The van der Waals surface area contributed by atoms with E-state index in [2.05, 4.69) is 178 Å². The molecule has 0 bridgehead atoms. The van der Waals surface area contributed by atoms with Gasteiger partial charge in [-0.05, 0) is 33.1 Å². The van der Waals surface area contributed by atoms with Crippen LogP contribution in [0, 0.1) is 13.8 Å². The van der Waals surface area contributed by atoms with Crippen molar-refractivity contribution in [2.45, 2.75) is 79.3 Å². The van der Waals surface area contributed by atoms with E-state index < -0.39 is 0 Å². The SMILES string of the molecule is C[Si]C.Cc1cc2c(-c3cccc(C(C)(C)C)c3)cccc2[cH-]1.Cc1cc2c(-c3cccc(C(C)(C)C)c3)cccc2[cH-]1.[Cl-].[Cl-].[Zr+4]. The van der Waals surface area contributed by atoms with E-state index in [1.807, 2.05) is 0 Å². The Morgan fingerprint density at radius 3 is 1.15 bits per heavy atom. The Morgan fingerprint density at radius 1 is 0.500 bits per heavy atom. The van der Waals surface area contributed by atoms with Crippen molar-refractivity contribution >= 4 is 31.1 Å². The molecule has 238 valence electrons. The van der Waals surface area contributed by atoms with E-state index in [0.29, 0.717) is 0 Å². The van der Waals surface area contributed by atoms with E-state index >= 15 is 0 Å². The number of benzene rings is 4. The third-order valence-electron chi connectivity index (χ3n) is 7.87.